The fraction of sp³-hybridized carbons (Fsp3) is 0.929. The zero-order chi connectivity index (χ0) is 12.1. The summed E-state index contributed by atoms with van der Waals surface area (Å²) in [5.41, 5.74) is 0. The average molecular weight is 226 g/mol. The highest BCUT2D eigenvalue weighted by atomic mass is 16.5. The van der Waals surface area contributed by atoms with Crippen LogP contribution in [0, 0.1) is 23.7 Å². The number of Topliss-reactive ketones (excluding diaryl/α,β-unsaturated/α-hetero) is 1. The standard InChI is InChI=1S/C14H26O2/c1-10(2)5-8-13(15)14-11(3)6-7-12(14)9-16-4/h10-12,14H,5-9H2,1-4H3. The van der Waals surface area contributed by atoms with Crippen LogP contribution < -0.4 is 0 Å². The lowest BCUT2D eigenvalue weighted by Crippen LogP contribution is -2.26. The van der Waals surface area contributed by atoms with Gasteiger partial charge in [-0.15, -0.1) is 0 Å². The molecule has 0 saturated heterocycles. The smallest absolute Gasteiger partial charge is 0.136 e. The number of hydrogen-bond donors (Lipinski definition) is 0. The summed E-state index contributed by atoms with van der Waals surface area (Å²) in [6, 6.07) is 0. The molecule has 0 aromatic heterocycles. The van der Waals surface area contributed by atoms with Gasteiger partial charge < -0.3 is 4.74 Å². The topological polar surface area (TPSA) is 26.3 Å². The third kappa shape index (κ3) is 3.58. The SMILES string of the molecule is COCC1CCC(C)C1C(=O)CCC(C)C. The maximum absolute atomic E-state index is 12.2. The van der Waals surface area contributed by atoms with Crippen LogP contribution in [0.3, 0.4) is 0 Å². The van der Waals surface area contributed by atoms with Gasteiger partial charge in [-0.1, -0.05) is 20.8 Å². The van der Waals surface area contributed by atoms with Gasteiger partial charge in [-0.3, -0.25) is 4.79 Å². The van der Waals surface area contributed by atoms with E-state index in [1.54, 1.807) is 7.11 Å². The molecule has 3 unspecified atom stereocenters. The van der Waals surface area contributed by atoms with E-state index in [2.05, 4.69) is 20.8 Å². The Morgan fingerprint density at radius 3 is 2.62 bits per heavy atom. The van der Waals surface area contributed by atoms with Crippen molar-refractivity contribution < 1.29 is 9.53 Å². The molecule has 0 aromatic rings. The van der Waals surface area contributed by atoms with Crippen molar-refractivity contribution in [2.45, 2.75) is 46.5 Å². The molecule has 1 rings (SSSR count). The lowest BCUT2D eigenvalue weighted by molar-refractivity contribution is -0.126. The van der Waals surface area contributed by atoms with Gasteiger partial charge in [0.15, 0.2) is 0 Å². The fourth-order valence-electron chi connectivity index (χ4n) is 2.88. The van der Waals surface area contributed by atoms with Crippen LogP contribution >= 0.6 is 0 Å². The Bertz CT molecular complexity index is 221. The maximum atomic E-state index is 12.2. The molecule has 16 heavy (non-hydrogen) atoms. The number of hydrogen-bond acceptors (Lipinski definition) is 2. The second kappa shape index (κ2) is 6.39. The second-order valence-electron chi connectivity index (χ2n) is 5.69. The molecule has 3 atom stereocenters. The van der Waals surface area contributed by atoms with Crippen LogP contribution in [0.1, 0.15) is 46.5 Å². The summed E-state index contributed by atoms with van der Waals surface area (Å²) in [6.45, 7) is 7.33. The third-order valence-electron chi connectivity index (χ3n) is 3.83. The van der Waals surface area contributed by atoms with Crippen molar-refractivity contribution in [3.8, 4) is 0 Å². The maximum Gasteiger partial charge on any atom is 0.136 e. The Balaban J connectivity index is 2.50. The fourth-order valence-corrected chi connectivity index (χ4v) is 2.88. The van der Waals surface area contributed by atoms with Gasteiger partial charge in [0.25, 0.3) is 0 Å². The van der Waals surface area contributed by atoms with Crippen molar-refractivity contribution in [1.82, 2.24) is 0 Å². The van der Waals surface area contributed by atoms with Crippen molar-refractivity contribution in [3.63, 3.8) is 0 Å². The molecule has 1 fully saturated rings. The van der Waals surface area contributed by atoms with Gasteiger partial charge in [0.05, 0.1) is 0 Å². The lowest BCUT2D eigenvalue weighted by Gasteiger charge is -2.21. The van der Waals surface area contributed by atoms with Crippen molar-refractivity contribution in [1.29, 1.82) is 0 Å². The number of carbonyl (C=O) groups is 1. The molecule has 2 heteroatoms. The van der Waals surface area contributed by atoms with Crippen LogP contribution in [0.4, 0.5) is 0 Å². The van der Waals surface area contributed by atoms with Crippen LogP contribution in [0.2, 0.25) is 0 Å². The molecular formula is C14H26O2. The number of rotatable bonds is 6. The summed E-state index contributed by atoms with van der Waals surface area (Å²) < 4.78 is 5.23. The highest BCUT2D eigenvalue weighted by molar-refractivity contribution is 5.81. The number of ketones is 1. The Morgan fingerprint density at radius 2 is 2.06 bits per heavy atom. The van der Waals surface area contributed by atoms with E-state index in [0.29, 0.717) is 23.5 Å². The Morgan fingerprint density at radius 1 is 1.38 bits per heavy atom. The third-order valence-corrected chi connectivity index (χ3v) is 3.83. The van der Waals surface area contributed by atoms with Crippen molar-refractivity contribution in [2.75, 3.05) is 13.7 Å². The Labute approximate surface area is 99.8 Å². The summed E-state index contributed by atoms with van der Waals surface area (Å²) in [6.07, 6.45) is 4.13. The average Bonchev–Trinajstić information content (AvgIpc) is 2.57. The summed E-state index contributed by atoms with van der Waals surface area (Å²) in [7, 11) is 1.73. The molecule has 0 N–H and O–H groups in total. The zero-order valence-corrected chi connectivity index (χ0v) is 11.2. The molecule has 2 nitrogen and oxygen atoms in total. The molecule has 0 spiro atoms. The largest absolute Gasteiger partial charge is 0.384 e. The summed E-state index contributed by atoms with van der Waals surface area (Å²) >= 11 is 0. The van der Waals surface area contributed by atoms with Gasteiger partial charge in [-0.2, -0.15) is 0 Å². The van der Waals surface area contributed by atoms with Crippen molar-refractivity contribution in [3.05, 3.63) is 0 Å². The molecule has 0 heterocycles. The minimum absolute atomic E-state index is 0.263. The van der Waals surface area contributed by atoms with Gasteiger partial charge in [0, 0.05) is 26.1 Å². The number of carbonyl (C=O) groups excluding carboxylic acids is 1. The quantitative estimate of drug-likeness (QED) is 0.694. The molecule has 0 aliphatic heterocycles. The predicted octanol–water partition coefficient (Wildman–Crippen LogP) is 3.30. The van der Waals surface area contributed by atoms with Gasteiger partial charge in [0.1, 0.15) is 5.78 Å². The summed E-state index contributed by atoms with van der Waals surface area (Å²) in [5.74, 6) is 2.39. The van der Waals surface area contributed by atoms with Crippen LogP contribution in [-0.2, 0) is 9.53 Å². The number of methoxy groups -OCH3 is 1. The number of ether oxygens (including phenoxy) is 1. The Hall–Kier alpha value is -0.370. The lowest BCUT2D eigenvalue weighted by atomic mass is 9.84. The summed E-state index contributed by atoms with van der Waals surface area (Å²) in [4.78, 5) is 12.2. The molecule has 0 bridgehead atoms. The van der Waals surface area contributed by atoms with Crippen molar-refractivity contribution in [2.24, 2.45) is 23.7 Å². The molecular weight excluding hydrogens is 200 g/mol. The first-order valence-electron chi connectivity index (χ1n) is 6.57. The zero-order valence-electron chi connectivity index (χ0n) is 11.2. The molecule has 0 amide bonds. The van der Waals surface area contributed by atoms with Gasteiger partial charge in [0.2, 0.25) is 0 Å². The molecule has 1 aliphatic rings. The van der Waals surface area contributed by atoms with Crippen LogP contribution in [0.5, 0.6) is 0 Å². The van der Waals surface area contributed by atoms with E-state index in [-0.39, 0.29) is 5.92 Å². The monoisotopic (exact) mass is 226 g/mol. The molecule has 1 saturated carbocycles. The van der Waals surface area contributed by atoms with E-state index < -0.39 is 0 Å². The highest BCUT2D eigenvalue weighted by Gasteiger charge is 2.37. The van der Waals surface area contributed by atoms with Gasteiger partial charge in [-0.25, -0.2) is 0 Å². The predicted molar refractivity (Wildman–Crippen MR) is 66.3 cm³/mol. The highest BCUT2D eigenvalue weighted by Crippen LogP contribution is 2.38. The molecule has 94 valence electrons. The Kier molecular flexibility index (Phi) is 5.47. The van der Waals surface area contributed by atoms with Crippen LogP contribution in [0.25, 0.3) is 0 Å². The normalized spacial score (nSPS) is 29.9. The second-order valence-corrected chi connectivity index (χ2v) is 5.69. The molecule has 0 radical (unpaired) electrons. The van der Waals surface area contributed by atoms with Crippen LogP contribution in [0.15, 0.2) is 0 Å². The van der Waals surface area contributed by atoms with E-state index in [9.17, 15) is 4.79 Å². The minimum Gasteiger partial charge on any atom is -0.384 e. The van der Waals surface area contributed by atoms with E-state index in [1.807, 2.05) is 0 Å². The first-order chi connectivity index (χ1) is 7.56. The molecule has 0 aromatic carbocycles. The summed E-state index contributed by atoms with van der Waals surface area (Å²) in [5, 5.41) is 0. The van der Waals surface area contributed by atoms with Crippen molar-refractivity contribution >= 4 is 5.78 Å². The van der Waals surface area contributed by atoms with Gasteiger partial charge >= 0.3 is 0 Å². The first-order valence-corrected chi connectivity index (χ1v) is 6.57. The van der Waals surface area contributed by atoms with E-state index in [4.69, 9.17) is 4.74 Å². The first kappa shape index (κ1) is 13.7. The van der Waals surface area contributed by atoms with Gasteiger partial charge in [-0.05, 0) is 37.0 Å². The molecule has 1 aliphatic carbocycles. The minimum atomic E-state index is 0.263. The van der Waals surface area contributed by atoms with E-state index in [0.717, 1.165) is 25.9 Å². The van der Waals surface area contributed by atoms with E-state index in [1.165, 1.54) is 6.42 Å². The van der Waals surface area contributed by atoms with E-state index >= 15 is 0 Å². The van der Waals surface area contributed by atoms with Crippen LogP contribution in [-0.4, -0.2) is 19.5 Å².